The fourth-order valence-corrected chi connectivity index (χ4v) is 2.05. The number of nitrogens with zero attached hydrogens (tertiary/aromatic N) is 2. The molecule has 0 N–H and O–H groups in total. The average molecular weight is 332 g/mol. The van der Waals surface area contributed by atoms with Gasteiger partial charge in [0.15, 0.2) is 6.61 Å². The lowest BCUT2D eigenvalue weighted by atomic mass is 10.2. The van der Waals surface area contributed by atoms with Crippen molar-refractivity contribution in [3.63, 3.8) is 0 Å². The number of para-hydroxylation sites is 1. The molecule has 0 radical (unpaired) electrons. The zero-order valence-electron chi connectivity index (χ0n) is 13.5. The molecule has 0 unspecified atom stereocenters. The highest BCUT2D eigenvalue weighted by Gasteiger charge is 2.10. The number of benzene rings is 2. The van der Waals surface area contributed by atoms with E-state index in [2.05, 4.69) is 16.5 Å². The molecule has 0 spiro atoms. The number of aromatic nitrogens is 2. The van der Waals surface area contributed by atoms with Gasteiger partial charge in [-0.1, -0.05) is 55.1 Å². The number of ketones is 1. The van der Waals surface area contributed by atoms with Gasteiger partial charge in [-0.25, -0.2) is 9.97 Å². The first kappa shape index (κ1) is 16.4. The Bertz CT molecular complexity index is 847. The summed E-state index contributed by atoms with van der Waals surface area (Å²) in [6.45, 7) is 3.70. The van der Waals surface area contributed by atoms with E-state index in [9.17, 15) is 4.79 Å². The standard InChI is InChI=1S/C20H16N2O3/c1-15(16-8-4-2-5-9-16)24-14-19(23)17-12-21-20(22-13-17)25-18-10-6-3-7-11-18/h2-13H,1,14H2. The Hall–Kier alpha value is -3.47. The van der Waals surface area contributed by atoms with Crippen LogP contribution in [0.2, 0.25) is 0 Å². The number of carbonyl (C=O) groups excluding carboxylic acids is 1. The van der Waals surface area contributed by atoms with Gasteiger partial charge >= 0.3 is 6.01 Å². The topological polar surface area (TPSA) is 61.3 Å². The van der Waals surface area contributed by atoms with E-state index in [1.807, 2.05) is 48.5 Å². The number of hydrogen-bond donors (Lipinski definition) is 0. The third-order valence-corrected chi connectivity index (χ3v) is 3.38. The maximum atomic E-state index is 12.2. The van der Waals surface area contributed by atoms with Crippen LogP contribution < -0.4 is 4.74 Å². The lowest BCUT2D eigenvalue weighted by molar-refractivity contribution is 0.0901. The van der Waals surface area contributed by atoms with E-state index in [-0.39, 0.29) is 18.4 Å². The van der Waals surface area contributed by atoms with Gasteiger partial charge < -0.3 is 9.47 Å². The molecule has 1 aromatic heterocycles. The number of hydrogen-bond acceptors (Lipinski definition) is 5. The molecule has 25 heavy (non-hydrogen) atoms. The number of carbonyl (C=O) groups is 1. The Morgan fingerprint density at radius 3 is 2.12 bits per heavy atom. The van der Waals surface area contributed by atoms with E-state index in [0.717, 1.165) is 5.56 Å². The first-order valence-corrected chi connectivity index (χ1v) is 7.67. The minimum atomic E-state index is -0.233. The van der Waals surface area contributed by atoms with Gasteiger partial charge in [-0.05, 0) is 12.1 Å². The molecule has 3 aromatic rings. The quantitative estimate of drug-likeness (QED) is 0.481. The molecular formula is C20H16N2O3. The molecule has 0 aliphatic rings. The van der Waals surface area contributed by atoms with E-state index in [4.69, 9.17) is 9.47 Å². The van der Waals surface area contributed by atoms with Gasteiger partial charge in [0.25, 0.3) is 0 Å². The van der Waals surface area contributed by atoms with Crippen LogP contribution >= 0.6 is 0 Å². The van der Waals surface area contributed by atoms with Crippen molar-refractivity contribution in [3.05, 3.63) is 90.8 Å². The highest BCUT2D eigenvalue weighted by molar-refractivity contribution is 5.96. The molecule has 2 aromatic carbocycles. The van der Waals surface area contributed by atoms with Crippen molar-refractivity contribution >= 4 is 11.5 Å². The highest BCUT2D eigenvalue weighted by atomic mass is 16.5. The first-order valence-electron chi connectivity index (χ1n) is 7.67. The molecular weight excluding hydrogens is 316 g/mol. The van der Waals surface area contributed by atoms with Crippen LogP contribution in [0.5, 0.6) is 11.8 Å². The summed E-state index contributed by atoms with van der Waals surface area (Å²) < 4.78 is 10.9. The monoisotopic (exact) mass is 332 g/mol. The fourth-order valence-electron chi connectivity index (χ4n) is 2.05. The molecule has 5 heteroatoms. The maximum absolute atomic E-state index is 12.2. The predicted octanol–water partition coefficient (Wildman–Crippen LogP) is 4.14. The molecule has 0 aliphatic heterocycles. The maximum Gasteiger partial charge on any atom is 0.321 e. The molecule has 1 heterocycles. The van der Waals surface area contributed by atoms with Crippen molar-refractivity contribution in [2.24, 2.45) is 0 Å². The summed E-state index contributed by atoms with van der Waals surface area (Å²) >= 11 is 0. The van der Waals surface area contributed by atoms with Gasteiger partial charge in [0, 0.05) is 18.0 Å². The minimum Gasteiger partial charge on any atom is -0.485 e. The zero-order valence-corrected chi connectivity index (χ0v) is 13.5. The molecule has 0 atom stereocenters. The average Bonchev–Trinajstić information content (AvgIpc) is 2.68. The summed E-state index contributed by atoms with van der Waals surface area (Å²) in [4.78, 5) is 20.3. The second-order valence-electron chi connectivity index (χ2n) is 5.17. The second-order valence-corrected chi connectivity index (χ2v) is 5.17. The van der Waals surface area contributed by atoms with Crippen LogP contribution in [0, 0.1) is 0 Å². The van der Waals surface area contributed by atoms with Crippen LogP contribution in [0.25, 0.3) is 5.76 Å². The molecule has 5 nitrogen and oxygen atoms in total. The Morgan fingerprint density at radius 2 is 1.48 bits per heavy atom. The van der Waals surface area contributed by atoms with Crippen LogP contribution in [0.1, 0.15) is 15.9 Å². The fraction of sp³-hybridized carbons (Fsp3) is 0.0500. The third kappa shape index (κ3) is 4.51. The summed E-state index contributed by atoms with van der Waals surface area (Å²) in [5.41, 5.74) is 1.18. The number of Topliss-reactive ketones (excluding diaryl/α,β-unsaturated/α-hetero) is 1. The number of ether oxygens (including phenoxy) is 2. The lowest BCUT2D eigenvalue weighted by Crippen LogP contribution is -2.09. The second kappa shape index (κ2) is 7.88. The Kier molecular flexibility index (Phi) is 5.16. The Balaban J connectivity index is 1.56. The minimum absolute atomic E-state index is 0.129. The summed E-state index contributed by atoms with van der Waals surface area (Å²) in [6, 6.07) is 18.8. The molecule has 0 amide bonds. The van der Waals surface area contributed by atoms with Gasteiger partial charge in [-0.2, -0.15) is 0 Å². The summed E-state index contributed by atoms with van der Waals surface area (Å²) in [6.07, 6.45) is 2.84. The van der Waals surface area contributed by atoms with Gasteiger partial charge in [0.05, 0.1) is 5.56 Å². The number of rotatable bonds is 7. The van der Waals surface area contributed by atoms with Gasteiger partial charge in [0.1, 0.15) is 11.5 Å². The molecule has 0 saturated carbocycles. The molecule has 0 bridgehead atoms. The van der Waals surface area contributed by atoms with Gasteiger partial charge in [0.2, 0.25) is 5.78 Å². The van der Waals surface area contributed by atoms with Crippen molar-refractivity contribution in [1.29, 1.82) is 0 Å². The molecule has 0 aliphatic carbocycles. The predicted molar refractivity (Wildman–Crippen MR) is 94.3 cm³/mol. The van der Waals surface area contributed by atoms with E-state index in [1.165, 1.54) is 12.4 Å². The summed E-state index contributed by atoms with van der Waals surface area (Å²) in [7, 11) is 0. The van der Waals surface area contributed by atoms with Gasteiger partial charge in [-0.3, -0.25) is 4.79 Å². The van der Waals surface area contributed by atoms with Crippen LogP contribution in [0.4, 0.5) is 0 Å². The molecule has 124 valence electrons. The van der Waals surface area contributed by atoms with Crippen molar-refractivity contribution in [2.75, 3.05) is 6.61 Å². The van der Waals surface area contributed by atoms with E-state index >= 15 is 0 Å². The van der Waals surface area contributed by atoms with E-state index in [0.29, 0.717) is 17.1 Å². The largest absolute Gasteiger partial charge is 0.485 e. The van der Waals surface area contributed by atoms with Crippen LogP contribution in [0.15, 0.2) is 79.6 Å². The lowest BCUT2D eigenvalue weighted by Gasteiger charge is -2.08. The molecule has 3 rings (SSSR count). The third-order valence-electron chi connectivity index (χ3n) is 3.38. The van der Waals surface area contributed by atoms with Crippen LogP contribution in [-0.4, -0.2) is 22.4 Å². The van der Waals surface area contributed by atoms with Gasteiger partial charge in [-0.15, -0.1) is 0 Å². The van der Waals surface area contributed by atoms with E-state index < -0.39 is 0 Å². The first-order chi connectivity index (χ1) is 12.2. The van der Waals surface area contributed by atoms with Crippen molar-refractivity contribution in [1.82, 2.24) is 9.97 Å². The van der Waals surface area contributed by atoms with Crippen molar-refractivity contribution in [3.8, 4) is 11.8 Å². The van der Waals surface area contributed by atoms with E-state index in [1.54, 1.807) is 12.1 Å². The highest BCUT2D eigenvalue weighted by Crippen LogP contribution is 2.17. The van der Waals surface area contributed by atoms with Crippen molar-refractivity contribution < 1.29 is 14.3 Å². The Morgan fingerprint density at radius 1 is 0.880 bits per heavy atom. The smallest absolute Gasteiger partial charge is 0.321 e. The van der Waals surface area contributed by atoms with Crippen LogP contribution in [-0.2, 0) is 4.74 Å². The Labute approximate surface area is 145 Å². The molecule has 0 fully saturated rings. The van der Waals surface area contributed by atoms with Crippen LogP contribution in [0.3, 0.4) is 0 Å². The molecule has 0 saturated heterocycles. The zero-order chi connectivity index (χ0) is 17.5. The SMILES string of the molecule is C=C(OCC(=O)c1cnc(Oc2ccccc2)nc1)c1ccccc1. The van der Waals surface area contributed by atoms with Crippen molar-refractivity contribution in [2.45, 2.75) is 0 Å². The normalized spacial score (nSPS) is 10.1. The summed E-state index contributed by atoms with van der Waals surface area (Å²) in [5.74, 6) is 0.839. The summed E-state index contributed by atoms with van der Waals surface area (Å²) in [5, 5.41) is 0.